The molecule has 0 saturated heterocycles. The molecule has 2 amide bonds. The zero-order valence-corrected chi connectivity index (χ0v) is 21.0. The summed E-state index contributed by atoms with van der Waals surface area (Å²) in [4.78, 5) is 26.5. The van der Waals surface area contributed by atoms with Crippen LogP contribution < -0.4 is 5.32 Å². The number of carbonyl (C=O) groups excluding carboxylic acids is 2. The Morgan fingerprint density at radius 1 is 0.909 bits per heavy atom. The van der Waals surface area contributed by atoms with Crippen LogP contribution in [-0.2, 0) is 27.8 Å². The minimum atomic E-state index is -3.48. The molecule has 0 bridgehead atoms. The van der Waals surface area contributed by atoms with Gasteiger partial charge in [-0.25, -0.2) is 8.42 Å². The minimum absolute atomic E-state index is 0.0310. The Bertz CT molecular complexity index is 1030. The van der Waals surface area contributed by atoms with Gasteiger partial charge < -0.3 is 10.2 Å². The normalized spacial score (nSPS) is 11.6. The van der Waals surface area contributed by atoms with Gasteiger partial charge in [0.05, 0.1) is 4.90 Å². The molecule has 0 atom stereocenters. The van der Waals surface area contributed by atoms with E-state index in [-0.39, 0.29) is 22.8 Å². The van der Waals surface area contributed by atoms with Crippen LogP contribution in [0.15, 0.2) is 53.4 Å². The molecule has 0 spiro atoms. The van der Waals surface area contributed by atoms with E-state index in [1.807, 2.05) is 39.8 Å². The number of nitrogens with zero attached hydrogens (tertiary/aromatic N) is 2. The number of sulfonamides is 1. The van der Waals surface area contributed by atoms with Crippen molar-refractivity contribution in [3.05, 3.63) is 65.2 Å². The summed E-state index contributed by atoms with van der Waals surface area (Å²) in [5.74, 6) is -0.119. The highest BCUT2D eigenvalue weighted by Gasteiger charge is 2.21. The van der Waals surface area contributed by atoms with Crippen molar-refractivity contribution in [1.29, 1.82) is 0 Å². The molecule has 0 aliphatic rings. The van der Waals surface area contributed by atoms with E-state index in [2.05, 4.69) is 5.32 Å². The van der Waals surface area contributed by atoms with Crippen molar-refractivity contribution in [2.45, 2.75) is 58.0 Å². The summed E-state index contributed by atoms with van der Waals surface area (Å²) in [5, 5.41) is 2.89. The van der Waals surface area contributed by atoms with Crippen LogP contribution in [0.5, 0.6) is 0 Å². The van der Waals surface area contributed by atoms with Crippen LogP contribution in [0.4, 0.5) is 0 Å². The maximum atomic E-state index is 12.6. The molecule has 0 saturated carbocycles. The van der Waals surface area contributed by atoms with Crippen LogP contribution in [0.2, 0.25) is 0 Å². The van der Waals surface area contributed by atoms with E-state index >= 15 is 0 Å². The van der Waals surface area contributed by atoms with Crippen LogP contribution in [0, 0.1) is 0 Å². The summed E-state index contributed by atoms with van der Waals surface area (Å²) in [6.07, 6.45) is 0.824. The standard InChI is InChI=1S/C25H35N3O4S/c1-6-28(7-2)33(31,32)23-15-10-20(11-16-23)12-17-24(29)26-18-21-8-13-22(14-9-21)25(30)27(5)19(3)4/h8-11,13-16,19H,6-7,12,17-18H2,1-5H3,(H,26,29). The fourth-order valence-electron chi connectivity index (χ4n) is 3.29. The number of aryl methyl sites for hydroxylation is 1. The third kappa shape index (κ3) is 7.14. The van der Waals surface area contributed by atoms with Crippen molar-refractivity contribution in [1.82, 2.24) is 14.5 Å². The van der Waals surface area contributed by atoms with Crippen molar-refractivity contribution < 1.29 is 18.0 Å². The van der Waals surface area contributed by atoms with Crippen molar-refractivity contribution in [2.24, 2.45) is 0 Å². The van der Waals surface area contributed by atoms with Gasteiger partial charge >= 0.3 is 0 Å². The Hall–Kier alpha value is -2.71. The Balaban J connectivity index is 1.85. The van der Waals surface area contributed by atoms with Gasteiger partial charge in [0, 0.05) is 44.7 Å². The van der Waals surface area contributed by atoms with E-state index in [9.17, 15) is 18.0 Å². The summed E-state index contributed by atoms with van der Waals surface area (Å²) in [6.45, 7) is 8.79. The zero-order chi connectivity index (χ0) is 24.6. The van der Waals surface area contributed by atoms with Gasteiger partial charge in [-0.15, -0.1) is 0 Å². The van der Waals surface area contributed by atoms with E-state index < -0.39 is 10.0 Å². The maximum Gasteiger partial charge on any atom is 0.253 e. The quantitative estimate of drug-likeness (QED) is 0.542. The van der Waals surface area contributed by atoms with E-state index in [0.717, 1.165) is 11.1 Å². The van der Waals surface area contributed by atoms with Gasteiger partial charge in [-0.1, -0.05) is 38.1 Å². The van der Waals surface area contributed by atoms with Gasteiger partial charge in [0.15, 0.2) is 0 Å². The number of carbonyl (C=O) groups is 2. The van der Waals surface area contributed by atoms with Gasteiger partial charge in [0.25, 0.3) is 5.91 Å². The third-order valence-electron chi connectivity index (χ3n) is 5.69. The summed E-state index contributed by atoms with van der Waals surface area (Å²) < 4.78 is 26.5. The second-order valence-corrected chi connectivity index (χ2v) is 10.2. The summed E-state index contributed by atoms with van der Waals surface area (Å²) >= 11 is 0. The predicted octanol–water partition coefficient (Wildman–Crippen LogP) is 3.45. The van der Waals surface area contributed by atoms with Gasteiger partial charge in [-0.2, -0.15) is 4.31 Å². The smallest absolute Gasteiger partial charge is 0.253 e. The van der Waals surface area contributed by atoms with Crippen LogP contribution in [0.3, 0.4) is 0 Å². The van der Waals surface area contributed by atoms with Crippen LogP contribution >= 0.6 is 0 Å². The van der Waals surface area contributed by atoms with Gasteiger partial charge in [0.1, 0.15) is 0 Å². The summed E-state index contributed by atoms with van der Waals surface area (Å²) in [5.41, 5.74) is 2.44. The SMILES string of the molecule is CCN(CC)S(=O)(=O)c1ccc(CCC(=O)NCc2ccc(C(=O)N(C)C(C)C)cc2)cc1. The van der Waals surface area contributed by atoms with Crippen molar-refractivity contribution in [3.63, 3.8) is 0 Å². The molecule has 1 N–H and O–H groups in total. The molecule has 7 nitrogen and oxygen atoms in total. The lowest BCUT2D eigenvalue weighted by molar-refractivity contribution is -0.121. The van der Waals surface area contributed by atoms with Crippen LogP contribution in [0.1, 0.15) is 55.6 Å². The average Bonchev–Trinajstić information content (AvgIpc) is 2.81. The predicted molar refractivity (Wildman–Crippen MR) is 130 cm³/mol. The second kappa shape index (κ2) is 12.0. The third-order valence-corrected chi connectivity index (χ3v) is 7.76. The lowest BCUT2D eigenvalue weighted by Gasteiger charge is -2.21. The minimum Gasteiger partial charge on any atom is -0.352 e. The number of hydrogen-bond donors (Lipinski definition) is 1. The first-order valence-electron chi connectivity index (χ1n) is 11.3. The highest BCUT2D eigenvalue weighted by atomic mass is 32.2. The molecule has 0 heterocycles. The number of nitrogens with one attached hydrogen (secondary N) is 1. The lowest BCUT2D eigenvalue weighted by Crippen LogP contribution is -2.32. The van der Waals surface area contributed by atoms with E-state index in [4.69, 9.17) is 0 Å². The second-order valence-electron chi connectivity index (χ2n) is 8.22. The fraction of sp³-hybridized carbons (Fsp3) is 0.440. The molecule has 2 aromatic carbocycles. The van der Waals surface area contributed by atoms with E-state index in [1.165, 1.54) is 4.31 Å². The summed E-state index contributed by atoms with van der Waals surface area (Å²) in [7, 11) is -1.70. The van der Waals surface area contributed by atoms with Crippen LogP contribution in [0.25, 0.3) is 0 Å². The van der Waals surface area contributed by atoms with Gasteiger partial charge in [-0.05, 0) is 55.7 Å². The zero-order valence-electron chi connectivity index (χ0n) is 20.2. The molecule has 33 heavy (non-hydrogen) atoms. The molecule has 0 fully saturated rings. The Morgan fingerprint density at radius 2 is 1.45 bits per heavy atom. The fourth-order valence-corrected chi connectivity index (χ4v) is 4.75. The van der Waals surface area contributed by atoms with Gasteiger partial charge in [-0.3, -0.25) is 9.59 Å². The molecular weight excluding hydrogens is 438 g/mol. The highest BCUT2D eigenvalue weighted by Crippen LogP contribution is 2.17. The molecule has 0 aliphatic heterocycles. The van der Waals surface area contributed by atoms with Crippen molar-refractivity contribution >= 4 is 21.8 Å². The first kappa shape index (κ1) is 26.5. The van der Waals surface area contributed by atoms with E-state index in [1.54, 1.807) is 48.3 Å². The van der Waals surface area contributed by atoms with Gasteiger partial charge in [0.2, 0.25) is 15.9 Å². The Morgan fingerprint density at radius 3 is 1.97 bits per heavy atom. The number of benzene rings is 2. The van der Waals surface area contributed by atoms with Crippen molar-refractivity contribution in [2.75, 3.05) is 20.1 Å². The average molecular weight is 474 g/mol. The largest absolute Gasteiger partial charge is 0.352 e. The molecule has 0 unspecified atom stereocenters. The Labute approximate surface area is 197 Å². The number of rotatable bonds is 11. The van der Waals surface area contributed by atoms with E-state index in [0.29, 0.717) is 38.0 Å². The molecule has 180 valence electrons. The maximum absolute atomic E-state index is 12.6. The first-order valence-corrected chi connectivity index (χ1v) is 12.8. The van der Waals surface area contributed by atoms with Crippen LogP contribution in [-0.4, -0.2) is 55.6 Å². The lowest BCUT2D eigenvalue weighted by atomic mass is 10.1. The number of hydrogen-bond acceptors (Lipinski definition) is 4. The Kier molecular flexibility index (Phi) is 9.61. The molecular formula is C25H35N3O4S. The summed E-state index contributed by atoms with van der Waals surface area (Å²) in [6, 6.07) is 14.1. The molecule has 2 rings (SSSR count). The highest BCUT2D eigenvalue weighted by molar-refractivity contribution is 7.89. The number of amides is 2. The first-order chi connectivity index (χ1) is 15.6. The van der Waals surface area contributed by atoms with Crippen molar-refractivity contribution in [3.8, 4) is 0 Å². The molecule has 8 heteroatoms. The topological polar surface area (TPSA) is 86.8 Å². The molecule has 0 radical (unpaired) electrons. The molecule has 2 aromatic rings. The molecule has 0 aromatic heterocycles. The monoisotopic (exact) mass is 473 g/mol. The molecule has 0 aliphatic carbocycles.